The molecule has 0 saturated heterocycles. The Labute approximate surface area is 227 Å². The van der Waals surface area contributed by atoms with Crippen LogP contribution in [0.3, 0.4) is 0 Å². The summed E-state index contributed by atoms with van der Waals surface area (Å²) in [6, 6.07) is 14.3. The zero-order valence-electron chi connectivity index (χ0n) is 22.0. The number of esters is 1. The number of ether oxygens (including phenoxy) is 1. The standard InChI is InChI=1S/C15H15N3O2.C14H11N3O3/c1-15(2,20)11-5-3-10(4-6-11)12-8-18-9-16-7-13(18)14(19)17-12;1-20-14(19)10-4-2-9(3-5-10)11-7-17-8-15-6-12(17)13(18)16-11/h3-9,20H,1-2H3,(H,17,19);2-8H,1H3,(H,16,18). The van der Waals surface area contributed by atoms with Crippen LogP contribution in [0.4, 0.5) is 0 Å². The number of fused-ring (bicyclic) bond motifs is 2. The lowest BCUT2D eigenvalue weighted by Gasteiger charge is -2.17. The van der Waals surface area contributed by atoms with Gasteiger partial charge in [0.1, 0.15) is 11.0 Å². The summed E-state index contributed by atoms with van der Waals surface area (Å²) in [5.41, 5.74) is 4.07. The van der Waals surface area contributed by atoms with Gasteiger partial charge < -0.3 is 19.8 Å². The van der Waals surface area contributed by atoms with Crippen molar-refractivity contribution in [3.05, 3.63) is 118 Å². The van der Waals surface area contributed by atoms with E-state index < -0.39 is 11.6 Å². The number of aliphatic hydroxyl groups is 1. The van der Waals surface area contributed by atoms with E-state index in [0.717, 1.165) is 16.7 Å². The van der Waals surface area contributed by atoms with E-state index in [-0.39, 0.29) is 11.1 Å². The lowest BCUT2D eigenvalue weighted by molar-refractivity contribution is 0.0600. The minimum absolute atomic E-state index is 0.174. The summed E-state index contributed by atoms with van der Waals surface area (Å²) in [6.07, 6.45) is 9.79. The highest BCUT2D eigenvalue weighted by Gasteiger charge is 2.15. The van der Waals surface area contributed by atoms with Crippen LogP contribution < -0.4 is 11.1 Å². The van der Waals surface area contributed by atoms with Gasteiger partial charge in [-0.05, 0) is 42.7 Å². The van der Waals surface area contributed by atoms with Gasteiger partial charge in [-0.2, -0.15) is 0 Å². The molecule has 40 heavy (non-hydrogen) atoms. The fourth-order valence-electron chi connectivity index (χ4n) is 4.14. The van der Waals surface area contributed by atoms with Crippen molar-refractivity contribution in [2.45, 2.75) is 19.4 Å². The van der Waals surface area contributed by atoms with Gasteiger partial charge >= 0.3 is 5.97 Å². The van der Waals surface area contributed by atoms with Crippen molar-refractivity contribution in [2.24, 2.45) is 0 Å². The van der Waals surface area contributed by atoms with E-state index in [9.17, 15) is 19.5 Å². The minimum atomic E-state index is -0.875. The number of rotatable bonds is 4. The summed E-state index contributed by atoms with van der Waals surface area (Å²) < 4.78 is 7.99. The predicted octanol–water partition coefficient (Wildman–Crippen LogP) is 3.39. The van der Waals surface area contributed by atoms with E-state index in [1.807, 2.05) is 30.5 Å². The number of imidazole rings is 2. The third kappa shape index (κ3) is 5.31. The van der Waals surface area contributed by atoms with Crippen LogP contribution in [0.15, 0.2) is 95.6 Å². The Hall–Kier alpha value is -5.29. The van der Waals surface area contributed by atoms with Gasteiger partial charge in [0, 0.05) is 12.4 Å². The molecule has 3 N–H and O–H groups in total. The van der Waals surface area contributed by atoms with Crippen LogP contribution in [0.5, 0.6) is 0 Å². The summed E-state index contributed by atoms with van der Waals surface area (Å²) in [7, 11) is 1.33. The maximum Gasteiger partial charge on any atom is 0.337 e. The highest BCUT2D eigenvalue weighted by molar-refractivity contribution is 5.89. The molecule has 2 aromatic carbocycles. The number of nitrogens with zero attached hydrogens (tertiary/aromatic N) is 4. The maximum absolute atomic E-state index is 11.9. The molecule has 0 bridgehead atoms. The molecule has 6 rings (SSSR count). The average Bonchev–Trinajstić information content (AvgIpc) is 3.63. The first-order valence-corrected chi connectivity index (χ1v) is 12.3. The zero-order valence-corrected chi connectivity index (χ0v) is 22.0. The molecule has 0 spiro atoms. The van der Waals surface area contributed by atoms with Gasteiger partial charge in [0.25, 0.3) is 11.1 Å². The maximum atomic E-state index is 11.9. The van der Waals surface area contributed by atoms with Crippen molar-refractivity contribution in [3.63, 3.8) is 0 Å². The first-order chi connectivity index (χ1) is 19.1. The third-order valence-electron chi connectivity index (χ3n) is 6.35. The Kier molecular flexibility index (Phi) is 6.89. The van der Waals surface area contributed by atoms with Gasteiger partial charge in [0.05, 0.1) is 54.7 Å². The molecular weight excluding hydrogens is 512 g/mol. The second kappa shape index (κ2) is 10.5. The fraction of sp³-hybridized carbons (Fsp3) is 0.138. The normalized spacial score (nSPS) is 11.3. The molecule has 0 atom stereocenters. The number of hydrogen-bond acceptors (Lipinski definition) is 7. The molecule has 4 aromatic heterocycles. The largest absolute Gasteiger partial charge is 0.465 e. The molecule has 0 saturated carbocycles. The van der Waals surface area contributed by atoms with E-state index >= 15 is 0 Å². The molecular formula is C29H26N6O5. The molecule has 0 radical (unpaired) electrons. The summed E-state index contributed by atoms with van der Waals surface area (Å²) in [5.74, 6) is -0.393. The van der Waals surface area contributed by atoms with E-state index in [1.54, 1.807) is 65.8 Å². The van der Waals surface area contributed by atoms with Crippen molar-refractivity contribution < 1.29 is 14.6 Å². The number of aromatic amines is 2. The van der Waals surface area contributed by atoms with Crippen molar-refractivity contribution in [3.8, 4) is 22.5 Å². The molecule has 4 heterocycles. The molecule has 0 aliphatic heterocycles. The van der Waals surface area contributed by atoms with Crippen LogP contribution in [0, 0.1) is 0 Å². The summed E-state index contributed by atoms with van der Waals surface area (Å²) >= 11 is 0. The van der Waals surface area contributed by atoms with Crippen LogP contribution in [0.2, 0.25) is 0 Å². The lowest BCUT2D eigenvalue weighted by Crippen LogP contribution is -2.15. The summed E-state index contributed by atoms with van der Waals surface area (Å²) in [4.78, 5) is 48.6. The van der Waals surface area contributed by atoms with Crippen molar-refractivity contribution in [1.82, 2.24) is 28.7 Å². The number of H-pyrrole nitrogens is 2. The Morgan fingerprint density at radius 1 is 0.800 bits per heavy atom. The first-order valence-electron chi connectivity index (χ1n) is 12.3. The second-order valence-corrected chi connectivity index (χ2v) is 9.57. The lowest BCUT2D eigenvalue weighted by atomic mass is 9.97. The third-order valence-corrected chi connectivity index (χ3v) is 6.35. The first kappa shape index (κ1) is 26.3. The van der Waals surface area contributed by atoms with Crippen molar-refractivity contribution in [1.29, 1.82) is 0 Å². The van der Waals surface area contributed by atoms with Crippen molar-refractivity contribution in [2.75, 3.05) is 7.11 Å². The van der Waals surface area contributed by atoms with Gasteiger partial charge in [0.15, 0.2) is 0 Å². The van der Waals surface area contributed by atoms with Crippen LogP contribution in [-0.2, 0) is 10.3 Å². The van der Waals surface area contributed by atoms with Crippen molar-refractivity contribution >= 4 is 17.0 Å². The summed E-state index contributed by atoms with van der Waals surface area (Å²) in [5, 5.41) is 9.94. The Bertz CT molecular complexity index is 1920. The van der Waals surface area contributed by atoms with E-state index in [1.165, 1.54) is 19.5 Å². The number of carbonyl (C=O) groups excluding carboxylic acids is 1. The molecule has 0 aliphatic carbocycles. The SMILES string of the molecule is CC(C)(O)c1ccc(-c2cn3cncc3c(=O)[nH]2)cc1.COC(=O)c1ccc(-c2cn3cncc3c(=O)[nH]2)cc1. The van der Waals surface area contributed by atoms with Gasteiger partial charge in [-0.1, -0.05) is 36.4 Å². The quantitative estimate of drug-likeness (QED) is 0.292. The highest BCUT2D eigenvalue weighted by atomic mass is 16.5. The van der Waals surface area contributed by atoms with Crippen LogP contribution in [0.25, 0.3) is 33.5 Å². The number of aromatic nitrogens is 6. The van der Waals surface area contributed by atoms with E-state index in [4.69, 9.17) is 0 Å². The molecule has 11 heteroatoms. The number of methoxy groups -OCH3 is 1. The molecule has 0 fully saturated rings. The molecule has 202 valence electrons. The molecule has 0 aliphatic rings. The van der Waals surface area contributed by atoms with Gasteiger partial charge in [-0.15, -0.1) is 0 Å². The fourth-order valence-corrected chi connectivity index (χ4v) is 4.14. The Balaban J connectivity index is 0.000000161. The van der Waals surface area contributed by atoms with Gasteiger partial charge in [-0.25, -0.2) is 14.8 Å². The van der Waals surface area contributed by atoms with E-state index in [2.05, 4.69) is 24.7 Å². The number of hydrogen-bond donors (Lipinski definition) is 3. The van der Waals surface area contributed by atoms with Crippen LogP contribution in [-0.4, -0.2) is 46.9 Å². The van der Waals surface area contributed by atoms with Gasteiger partial charge in [-0.3, -0.25) is 18.4 Å². The Morgan fingerprint density at radius 3 is 1.68 bits per heavy atom. The monoisotopic (exact) mass is 538 g/mol. The van der Waals surface area contributed by atoms with Crippen LogP contribution in [0.1, 0.15) is 29.8 Å². The predicted molar refractivity (Wildman–Crippen MR) is 149 cm³/mol. The minimum Gasteiger partial charge on any atom is -0.465 e. The average molecular weight is 539 g/mol. The number of nitrogens with one attached hydrogen (secondary N) is 2. The second-order valence-electron chi connectivity index (χ2n) is 9.57. The molecule has 11 nitrogen and oxygen atoms in total. The highest BCUT2D eigenvalue weighted by Crippen LogP contribution is 2.23. The zero-order chi connectivity index (χ0) is 28.4. The van der Waals surface area contributed by atoms with Gasteiger partial charge in [0.2, 0.25) is 0 Å². The molecule has 0 amide bonds. The molecule has 6 aromatic rings. The Morgan fingerprint density at radius 2 is 1.25 bits per heavy atom. The molecule has 0 unspecified atom stereocenters. The topological polar surface area (TPSA) is 147 Å². The van der Waals surface area contributed by atoms with Crippen LogP contribution >= 0.6 is 0 Å². The number of benzene rings is 2. The smallest absolute Gasteiger partial charge is 0.337 e. The van der Waals surface area contributed by atoms with E-state index in [0.29, 0.717) is 28.0 Å². The summed E-state index contributed by atoms with van der Waals surface area (Å²) in [6.45, 7) is 3.48. The number of carbonyl (C=O) groups is 1.